The van der Waals surface area contributed by atoms with Gasteiger partial charge >= 0.3 is 0 Å². The van der Waals surface area contributed by atoms with Crippen molar-refractivity contribution in [1.29, 1.82) is 0 Å². The summed E-state index contributed by atoms with van der Waals surface area (Å²) >= 11 is 10.9. The fraction of sp³-hybridized carbons (Fsp3) is 0. The average molecular weight is 292 g/mol. The first kappa shape index (κ1) is 10.1. The molecule has 0 N–H and O–H groups in total. The molecule has 0 aliphatic rings. The summed E-state index contributed by atoms with van der Waals surface area (Å²) in [6.45, 7) is 0. The Labute approximate surface area is 98.5 Å². The molecule has 0 nitrogen and oxygen atoms in total. The lowest BCUT2D eigenvalue weighted by Gasteiger charge is -2.00. The number of hydrogen-bond donors (Lipinski definition) is 0. The van der Waals surface area contributed by atoms with E-state index in [4.69, 9.17) is 11.6 Å². The van der Waals surface area contributed by atoms with Crippen LogP contribution in [0.15, 0.2) is 34.1 Å². The van der Waals surface area contributed by atoms with Crippen LogP contribution in [0.1, 0.15) is 0 Å². The molecule has 0 saturated heterocycles. The van der Waals surface area contributed by atoms with Gasteiger partial charge in [0, 0.05) is 10.4 Å². The maximum absolute atomic E-state index is 12.8. The molecular formula is C10H5BrClFS. The highest BCUT2D eigenvalue weighted by atomic mass is 79.9. The van der Waals surface area contributed by atoms with Crippen LogP contribution < -0.4 is 0 Å². The van der Waals surface area contributed by atoms with Crippen molar-refractivity contribution in [1.82, 2.24) is 0 Å². The highest BCUT2D eigenvalue weighted by Gasteiger charge is 2.06. The summed E-state index contributed by atoms with van der Waals surface area (Å²) < 4.78 is 13.8. The second-order valence-electron chi connectivity index (χ2n) is 2.73. The smallest absolute Gasteiger partial charge is 0.124 e. The van der Waals surface area contributed by atoms with Gasteiger partial charge in [0.25, 0.3) is 0 Å². The van der Waals surface area contributed by atoms with Crippen LogP contribution in [0.25, 0.3) is 10.4 Å². The van der Waals surface area contributed by atoms with Crippen LogP contribution in [0, 0.1) is 5.82 Å². The Morgan fingerprint density at radius 3 is 2.57 bits per heavy atom. The van der Waals surface area contributed by atoms with Crippen molar-refractivity contribution in [3.05, 3.63) is 45.0 Å². The minimum Gasteiger partial charge on any atom is -0.207 e. The summed E-state index contributed by atoms with van der Waals surface area (Å²) in [5, 5.41) is 0.444. The van der Waals surface area contributed by atoms with E-state index in [0.29, 0.717) is 5.02 Å². The molecule has 72 valence electrons. The zero-order chi connectivity index (χ0) is 10.1. The standard InChI is InChI=1S/C10H5BrClFS/c11-10-4-3-9(14-10)7-2-1-6(13)5-8(7)12/h1-5H. The fourth-order valence-corrected chi connectivity index (χ4v) is 2.90. The van der Waals surface area contributed by atoms with Gasteiger partial charge in [-0.3, -0.25) is 0 Å². The average Bonchev–Trinajstić information content (AvgIpc) is 2.51. The summed E-state index contributed by atoms with van der Waals surface area (Å²) in [6.07, 6.45) is 0. The highest BCUT2D eigenvalue weighted by Crippen LogP contribution is 2.35. The third-order valence-corrected chi connectivity index (χ3v) is 3.74. The summed E-state index contributed by atoms with van der Waals surface area (Å²) in [5.74, 6) is -0.311. The van der Waals surface area contributed by atoms with Gasteiger partial charge in [-0.2, -0.15) is 0 Å². The first-order valence-electron chi connectivity index (χ1n) is 3.87. The van der Waals surface area contributed by atoms with Crippen molar-refractivity contribution in [3.63, 3.8) is 0 Å². The van der Waals surface area contributed by atoms with Gasteiger partial charge in [0.2, 0.25) is 0 Å². The largest absolute Gasteiger partial charge is 0.207 e. The van der Waals surface area contributed by atoms with Crippen LogP contribution in [-0.4, -0.2) is 0 Å². The van der Waals surface area contributed by atoms with Gasteiger partial charge in [-0.05, 0) is 46.3 Å². The van der Waals surface area contributed by atoms with Gasteiger partial charge in [0.05, 0.1) is 8.81 Å². The van der Waals surface area contributed by atoms with Crippen LogP contribution >= 0.6 is 38.9 Å². The molecule has 14 heavy (non-hydrogen) atoms. The van der Waals surface area contributed by atoms with Gasteiger partial charge in [-0.15, -0.1) is 11.3 Å². The molecule has 0 atom stereocenters. The van der Waals surface area contributed by atoms with E-state index in [1.54, 1.807) is 17.4 Å². The molecule has 0 radical (unpaired) electrons. The van der Waals surface area contributed by atoms with E-state index in [-0.39, 0.29) is 5.82 Å². The maximum Gasteiger partial charge on any atom is 0.124 e. The van der Waals surface area contributed by atoms with E-state index in [1.165, 1.54) is 12.1 Å². The monoisotopic (exact) mass is 290 g/mol. The van der Waals surface area contributed by atoms with Crippen molar-refractivity contribution in [2.24, 2.45) is 0 Å². The lowest BCUT2D eigenvalue weighted by molar-refractivity contribution is 0.628. The lowest BCUT2D eigenvalue weighted by Crippen LogP contribution is -1.77. The highest BCUT2D eigenvalue weighted by molar-refractivity contribution is 9.11. The van der Waals surface area contributed by atoms with Gasteiger partial charge in [-0.25, -0.2) is 4.39 Å². The molecule has 2 rings (SSSR count). The van der Waals surface area contributed by atoms with Crippen LogP contribution in [0.2, 0.25) is 5.02 Å². The number of rotatable bonds is 1. The van der Waals surface area contributed by atoms with Gasteiger partial charge in [0.1, 0.15) is 5.82 Å². The molecular weight excluding hydrogens is 287 g/mol. The summed E-state index contributed by atoms with van der Waals surface area (Å²) in [7, 11) is 0. The molecule has 0 fully saturated rings. The maximum atomic E-state index is 12.8. The van der Waals surface area contributed by atoms with Crippen molar-refractivity contribution < 1.29 is 4.39 Å². The second kappa shape index (κ2) is 4.01. The Balaban J connectivity index is 2.52. The molecule has 0 unspecified atom stereocenters. The number of halogens is 3. The SMILES string of the molecule is Fc1ccc(-c2ccc(Br)s2)c(Cl)c1. The van der Waals surface area contributed by atoms with E-state index in [1.807, 2.05) is 12.1 Å². The molecule has 4 heteroatoms. The summed E-state index contributed by atoms with van der Waals surface area (Å²) in [5.41, 5.74) is 0.865. The van der Waals surface area contributed by atoms with Crippen molar-refractivity contribution in [2.45, 2.75) is 0 Å². The first-order valence-corrected chi connectivity index (χ1v) is 5.86. The van der Waals surface area contributed by atoms with E-state index in [9.17, 15) is 4.39 Å². The minimum absolute atomic E-state index is 0.311. The molecule has 0 bridgehead atoms. The number of thiophene rings is 1. The Kier molecular flexibility index (Phi) is 2.91. The van der Waals surface area contributed by atoms with E-state index >= 15 is 0 Å². The Hall–Kier alpha value is -0.380. The molecule has 0 spiro atoms. The van der Waals surface area contributed by atoms with Crippen LogP contribution in [0.3, 0.4) is 0 Å². The molecule has 0 saturated carbocycles. The van der Waals surface area contributed by atoms with Crippen molar-refractivity contribution in [2.75, 3.05) is 0 Å². The van der Waals surface area contributed by atoms with E-state index in [2.05, 4.69) is 15.9 Å². The summed E-state index contributed by atoms with van der Waals surface area (Å²) in [6, 6.07) is 8.32. The predicted molar refractivity (Wildman–Crippen MR) is 62.4 cm³/mol. The predicted octanol–water partition coefficient (Wildman–Crippen LogP) is 4.97. The fourth-order valence-electron chi connectivity index (χ4n) is 1.15. The molecule has 1 heterocycles. The van der Waals surface area contributed by atoms with Crippen LogP contribution in [-0.2, 0) is 0 Å². The van der Waals surface area contributed by atoms with Gasteiger partial charge in [-0.1, -0.05) is 11.6 Å². The molecule has 1 aromatic carbocycles. The summed E-state index contributed by atoms with van der Waals surface area (Å²) in [4.78, 5) is 1.03. The van der Waals surface area contributed by atoms with Crippen LogP contribution in [0.5, 0.6) is 0 Å². The Morgan fingerprint density at radius 1 is 1.21 bits per heavy atom. The first-order chi connectivity index (χ1) is 6.66. The van der Waals surface area contributed by atoms with Gasteiger partial charge < -0.3 is 0 Å². The Morgan fingerprint density at radius 2 is 2.00 bits per heavy atom. The van der Waals surface area contributed by atoms with Crippen molar-refractivity contribution in [3.8, 4) is 10.4 Å². The molecule has 1 aromatic heterocycles. The third-order valence-electron chi connectivity index (χ3n) is 1.77. The number of benzene rings is 1. The zero-order valence-electron chi connectivity index (χ0n) is 6.93. The quantitative estimate of drug-likeness (QED) is 0.696. The third kappa shape index (κ3) is 2.00. The second-order valence-corrected chi connectivity index (χ2v) is 5.60. The minimum atomic E-state index is -0.311. The molecule has 0 aliphatic carbocycles. The Bertz CT molecular complexity index is 467. The van der Waals surface area contributed by atoms with Crippen LogP contribution in [0.4, 0.5) is 4.39 Å². The normalized spacial score (nSPS) is 10.5. The number of hydrogen-bond acceptors (Lipinski definition) is 1. The van der Waals surface area contributed by atoms with Gasteiger partial charge in [0.15, 0.2) is 0 Å². The molecule has 0 aliphatic heterocycles. The van der Waals surface area contributed by atoms with E-state index < -0.39 is 0 Å². The zero-order valence-corrected chi connectivity index (χ0v) is 10.1. The van der Waals surface area contributed by atoms with E-state index in [0.717, 1.165) is 14.2 Å². The lowest BCUT2D eigenvalue weighted by atomic mass is 10.2. The van der Waals surface area contributed by atoms with Crippen molar-refractivity contribution >= 4 is 38.9 Å². The molecule has 0 amide bonds. The topological polar surface area (TPSA) is 0 Å². The molecule has 2 aromatic rings.